The van der Waals surface area contributed by atoms with Gasteiger partial charge in [-0.2, -0.15) is 0 Å². The highest BCUT2D eigenvalue weighted by Gasteiger charge is 2.22. The second-order valence-corrected chi connectivity index (χ2v) is 9.19. The molecule has 12 heteroatoms. The van der Waals surface area contributed by atoms with E-state index in [1.807, 2.05) is 0 Å². The number of phenolic OH excluding ortho intramolecular Hbond substituents is 3. The molecule has 0 aromatic heterocycles. The van der Waals surface area contributed by atoms with Crippen LogP contribution in [0.2, 0.25) is 0 Å². The van der Waals surface area contributed by atoms with Crippen molar-refractivity contribution in [1.82, 2.24) is 0 Å². The van der Waals surface area contributed by atoms with E-state index in [2.05, 4.69) is 0 Å². The van der Waals surface area contributed by atoms with Gasteiger partial charge in [-0.15, -0.1) is 0 Å². The van der Waals surface area contributed by atoms with Gasteiger partial charge in [0, 0.05) is 22.3 Å². The van der Waals surface area contributed by atoms with Gasteiger partial charge < -0.3 is 47.8 Å². The van der Waals surface area contributed by atoms with Crippen LogP contribution >= 0.6 is 0 Å². The van der Waals surface area contributed by atoms with Crippen molar-refractivity contribution in [2.45, 2.75) is 37.4 Å². The van der Waals surface area contributed by atoms with E-state index in [9.17, 15) is 34.8 Å². The summed E-state index contributed by atoms with van der Waals surface area (Å²) >= 11 is 0. The first kappa shape index (κ1) is 28.9. The summed E-state index contributed by atoms with van der Waals surface area (Å²) in [6.07, 6.45) is -0.330. The number of hydrogen-bond acceptors (Lipinski definition) is 9. The van der Waals surface area contributed by atoms with E-state index in [-0.39, 0.29) is 53.0 Å². The Kier molecular flexibility index (Phi) is 8.76. The van der Waals surface area contributed by atoms with E-state index < -0.39 is 41.8 Å². The standard InChI is InChI=1S/C27H29N3O9/c28-19(25(34)35)9-12-1-3-22(31)15(5-12)17-7-14(11-21(30)27(38)39)8-18(24(17)33)16-6-13(2-4-23(16)32)10-20(29)26(36)37/h1-8,19-21,31-33H,9-11,28-30H2,(H,34,35)(H,36,37)(H,38,39)/t19-,20-,21-/m0/s1. The Hall–Kier alpha value is -4.65. The van der Waals surface area contributed by atoms with Crippen LogP contribution in [0.3, 0.4) is 0 Å². The van der Waals surface area contributed by atoms with Crippen molar-refractivity contribution >= 4 is 17.9 Å². The van der Waals surface area contributed by atoms with E-state index in [0.717, 1.165) is 0 Å². The fourth-order valence-corrected chi connectivity index (χ4v) is 4.10. The number of rotatable bonds is 11. The minimum atomic E-state index is -1.31. The summed E-state index contributed by atoms with van der Waals surface area (Å²) in [6, 6.07) is 7.57. The first-order valence-electron chi connectivity index (χ1n) is 11.7. The molecule has 12 N–H and O–H groups in total. The zero-order valence-electron chi connectivity index (χ0n) is 20.6. The number of hydrogen-bond donors (Lipinski definition) is 9. The molecule has 3 atom stereocenters. The fraction of sp³-hybridized carbons (Fsp3) is 0.222. The Morgan fingerprint density at radius 3 is 1.18 bits per heavy atom. The summed E-state index contributed by atoms with van der Waals surface area (Å²) in [4.78, 5) is 33.8. The second kappa shape index (κ2) is 11.8. The van der Waals surface area contributed by atoms with Crippen LogP contribution in [0.25, 0.3) is 22.3 Å². The molecule has 0 bridgehead atoms. The lowest BCUT2D eigenvalue weighted by atomic mass is 9.89. The van der Waals surface area contributed by atoms with E-state index in [4.69, 9.17) is 27.4 Å². The minimum absolute atomic E-state index is 0.0513. The summed E-state index contributed by atoms with van der Waals surface area (Å²) in [5, 5.41) is 60.2. The van der Waals surface area contributed by atoms with Crippen molar-refractivity contribution in [3.63, 3.8) is 0 Å². The van der Waals surface area contributed by atoms with Crippen LogP contribution in [-0.2, 0) is 33.6 Å². The van der Waals surface area contributed by atoms with Crippen molar-refractivity contribution in [2.24, 2.45) is 17.2 Å². The van der Waals surface area contributed by atoms with Gasteiger partial charge in [-0.1, -0.05) is 12.1 Å². The predicted molar refractivity (Wildman–Crippen MR) is 140 cm³/mol. The number of carboxylic acid groups (broad SMARTS) is 3. The molecular weight excluding hydrogens is 510 g/mol. The van der Waals surface area contributed by atoms with Crippen LogP contribution in [0.5, 0.6) is 17.2 Å². The molecule has 3 rings (SSSR count). The zero-order chi connectivity index (χ0) is 29.0. The molecule has 0 aliphatic rings. The Morgan fingerprint density at radius 1 is 0.538 bits per heavy atom. The van der Waals surface area contributed by atoms with Gasteiger partial charge in [-0.3, -0.25) is 14.4 Å². The number of nitrogens with two attached hydrogens (primary N) is 3. The van der Waals surface area contributed by atoms with Gasteiger partial charge in [0.05, 0.1) is 0 Å². The van der Waals surface area contributed by atoms with Gasteiger partial charge in [0.25, 0.3) is 0 Å². The van der Waals surface area contributed by atoms with Crippen molar-refractivity contribution < 1.29 is 45.0 Å². The molecule has 206 valence electrons. The van der Waals surface area contributed by atoms with E-state index >= 15 is 0 Å². The highest BCUT2D eigenvalue weighted by molar-refractivity contribution is 5.87. The first-order valence-corrected chi connectivity index (χ1v) is 11.7. The third-order valence-electron chi connectivity index (χ3n) is 6.19. The second-order valence-electron chi connectivity index (χ2n) is 9.19. The molecule has 0 spiro atoms. The molecule has 0 saturated heterocycles. The third-order valence-corrected chi connectivity index (χ3v) is 6.19. The lowest BCUT2D eigenvalue weighted by Gasteiger charge is -2.18. The maximum absolute atomic E-state index is 11.4. The predicted octanol–water partition coefficient (Wildman–Crippen LogP) is 1.00. The molecular formula is C27H29N3O9. The van der Waals surface area contributed by atoms with E-state index in [1.54, 1.807) is 0 Å². The van der Waals surface area contributed by atoms with Gasteiger partial charge in [0.15, 0.2) is 0 Å². The quantitative estimate of drug-likeness (QED) is 0.165. The molecule has 3 aromatic rings. The highest BCUT2D eigenvalue weighted by atomic mass is 16.4. The lowest BCUT2D eigenvalue weighted by molar-refractivity contribution is -0.139. The summed E-state index contributed by atoms with van der Waals surface area (Å²) in [7, 11) is 0. The van der Waals surface area contributed by atoms with Crippen molar-refractivity contribution in [3.05, 3.63) is 65.2 Å². The number of benzene rings is 3. The summed E-state index contributed by atoms with van der Waals surface area (Å²) < 4.78 is 0. The van der Waals surface area contributed by atoms with Crippen LogP contribution in [0.4, 0.5) is 0 Å². The van der Waals surface area contributed by atoms with Gasteiger partial charge in [0.2, 0.25) is 0 Å². The number of aliphatic carboxylic acids is 3. The molecule has 0 unspecified atom stereocenters. The van der Waals surface area contributed by atoms with Gasteiger partial charge >= 0.3 is 17.9 Å². The molecule has 3 aromatic carbocycles. The van der Waals surface area contributed by atoms with Crippen molar-refractivity contribution in [2.75, 3.05) is 0 Å². The number of phenols is 3. The SMILES string of the molecule is N[C@@H](Cc1ccc(O)c(-c2cc(C[C@H](N)C(=O)O)cc(-c3cc(C[C@H](N)C(=O)O)ccc3O)c2O)c1)C(=O)O. The average molecular weight is 540 g/mol. The molecule has 0 radical (unpaired) electrons. The molecule has 0 amide bonds. The molecule has 0 fully saturated rings. The normalized spacial score (nSPS) is 13.4. The molecule has 0 aliphatic heterocycles. The first-order chi connectivity index (χ1) is 18.3. The molecule has 0 heterocycles. The fourth-order valence-electron chi connectivity index (χ4n) is 4.10. The largest absolute Gasteiger partial charge is 0.507 e. The van der Waals surface area contributed by atoms with Crippen LogP contribution < -0.4 is 17.2 Å². The van der Waals surface area contributed by atoms with Crippen LogP contribution in [-0.4, -0.2) is 66.7 Å². The Morgan fingerprint density at radius 2 is 0.846 bits per heavy atom. The van der Waals surface area contributed by atoms with Gasteiger partial charge in [-0.25, -0.2) is 0 Å². The van der Waals surface area contributed by atoms with Crippen LogP contribution in [0, 0.1) is 0 Å². The minimum Gasteiger partial charge on any atom is -0.507 e. The summed E-state index contributed by atoms with van der Waals surface area (Å²) in [5.74, 6) is -4.66. The Labute approximate surface area is 222 Å². The van der Waals surface area contributed by atoms with Gasteiger partial charge in [0.1, 0.15) is 35.4 Å². The molecule has 39 heavy (non-hydrogen) atoms. The highest BCUT2D eigenvalue weighted by Crippen LogP contribution is 2.45. The monoisotopic (exact) mass is 539 g/mol. The van der Waals surface area contributed by atoms with E-state index in [1.165, 1.54) is 48.5 Å². The Bertz CT molecular complexity index is 1330. The van der Waals surface area contributed by atoms with Crippen molar-refractivity contribution in [3.8, 4) is 39.5 Å². The summed E-state index contributed by atoms with van der Waals surface area (Å²) in [5.41, 5.74) is 18.5. The maximum Gasteiger partial charge on any atom is 0.320 e. The lowest BCUT2D eigenvalue weighted by Crippen LogP contribution is -2.32. The number of carboxylic acids is 3. The maximum atomic E-state index is 11.4. The van der Waals surface area contributed by atoms with Crippen LogP contribution in [0.15, 0.2) is 48.5 Å². The third kappa shape index (κ3) is 6.82. The average Bonchev–Trinajstić information content (AvgIpc) is 2.87. The van der Waals surface area contributed by atoms with Crippen molar-refractivity contribution in [1.29, 1.82) is 0 Å². The molecule has 0 saturated carbocycles. The molecule has 0 aliphatic carbocycles. The smallest absolute Gasteiger partial charge is 0.320 e. The topological polar surface area (TPSA) is 251 Å². The van der Waals surface area contributed by atoms with Crippen LogP contribution in [0.1, 0.15) is 16.7 Å². The van der Waals surface area contributed by atoms with Gasteiger partial charge in [-0.05, 0) is 72.4 Å². The molecule has 12 nitrogen and oxygen atoms in total. The number of aromatic hydroxyl groups is 3. The number of carbonyl (C=O) groups is 3. The Balaban J connectivity index is 2.22. The zero-order valence-corrected chi connectivity index (χ0v) is 20.6. The summed E-state index contributed by atoms with van der Waals surface area (Å²) in [6.45, 7) is 0. The van der Waals surface area contributed by atoms with E-state index in [0.29, 0.717) is 16.7 Å².